The third-order valence-electron chi connectivity index (χ3n) is 10.9. The predicted octanol–water partition coefficient (Wildman–Crippen LogP) is 11.8. The van der Waals surface area contributed by atoms with Gasteiger partial charge in [-0.15, -0.1) is 29.7 Å². The van der Waals surface area contributed by atoms with Gasteiger partial charge in [0.25, 0.3) is 0 Å². The van der Waals surface area contributed by atoms with Crippen LogP contribution < -0.4 is 4.74 Å². The number of imidazole rings is 1. The molecule has 4 aromatic heterocycles. The van der Waals surface area contributed by atoms with E-state index < -0.39 is 0 Å². The molecule has 256 valence electrons. The van der Waals surface area contributed by atoms with Crippen molar-refractivity contribution in [2.24, 2.45) is 0 Å². The molecule has 0 aliphatic heterocycles. The first-order valence-corrected chi connectivity index (χ1v) is 18.2. The first-order valence-electron chi connectivity index (χ1n) is 18.2. The van der Waals surface area contributed by atoms with E-state index in [9.17, 15) is 0 Å². The molecule has 0 amide bonds. The Kier molecular flexibility index (Phi) is 8.40. The molecule has 0 unspecified atom stereocenters. The standard InChI is InChI=1S/C46H36N4O.Pt/c1-2-30-15-12-18-34(31-13-4-3-5-14-31)45(30)43-29-48-46-39-27-32(22-24-35(39)36-16-6-9-20-41(36)50(43)46)51-33-23-25-38-37-17-7-8-19-40(37)49(42(38)28-33)44-21-10-11-26-47-44;/h6-12,15-26,29,31H,2-5,13-14H2,1H3;/q-2;+2. The van der Waals surface area contributed by atoms with Gasteiger partial charge in [-0.3, -0.25) is 4.98 Å². The fraction of sp³-hybridized carbons (Fsp3) is 0.174. The summed E-state index contributed by atoms with van der Waals surface area (Å²) in [7, 11) is 0. The van der Waals surface area contributed by atoms with E-state index in [1.54, 1.807) is 0 Å². The smallest absolute Gasteiger partial charge is 0.503 e. The molecule has 0 radical (unpaired) electrons. The van der Waals surface area contributed by atoms with E-state index in [1.807, 2.05) is 36.5 Å². The van der Waals surface area contributed by atoms with E-state index in [4.69, 9.17) is 9.72 Å². The van der Waals surface area contributed by atoms with Crippen molar-refractivity contribution in [3.8, 4) is 28.6 Å². The van der Waals surface area contributed by atoms with E-state index in [-0.39, 0.29) is 21.1 Å². The van der Waals surface area contributed by atoms with E-state index in [2.05, 4.69) is 118 Å². The summed E-state index contributed by atoms with van der Waals surface area (Å²) in [6.45, 7) is 2.27. The summed E-state index contributed by atoms with van der Waals surface area (Å²) in [5.74, 6) is 2.66. The van der Waals surface area contributed by atoms with Crippen molar-refractivity contribution in [3.05, 3.63) is 145 Å². The second kappa shape index (κ2) is 13.4. The molecule has 1 aliphatic rings. The number of pyridine rings is 2. The van der Waals surface area contributed by atoms with E-state index in [0.29, 0.717) is 17.4 Å². The van der Waals surface area contributed by atoms with Gasteiger partial charge < -0.3 is 13.7 Å². The van der Waals surface area contributed by atoms with Gasteiger partial charge >= 0.3 is 21.1 Å². The number of aromatic nitrogens is 4. The van der Waals surface area contributed by atoms with Crippen LogP contribution in [0.15, 0.2) is 122 Å². The Balaban J connectivity index is 0.00000360. The number of nitrogens with zero attached hydrogens (tertiary/aromatic N) is 4. The van der Waals surface area contributed by atoms with Gasteiger partial charge in [0, 0.05) is 40.5 Å². The van der Waals surface area contributed by atoms with Crippen LogP contribution in [0, 0.1) is 12.1 Å². The molecule has 1 saturated carbocycles. The van der Waals surface area contributed by atoms with E-state index in [1.165, 1.54) is 54.2 Å². The molecule has 5 nitrogen and oxygen atoms in total. The first kappa shape index (κ1) is 32.6. The summed E-state index contributed by atoms with van der Waals surface area (Å²) in [5.41, 5.74) is 9.38. The number of rotatable bonds is 6. The first-order chi connectivity index (χ1) is 25.3. The molecule has 5 aromatic carbocycles. The third kappa shape index (κ3) is 5.25. The van der Waals surface area contributed by atoms with Crippen molar-refractivity contribution in [1.29, 1.82) is 0 Å². The topological polar surface area (TPSA) is 44.3 Å². The van der Waals surface area contributed by atoms with Crippen molar-refractivity contribution >= 4 is 49.1 Å². The molecule has 0 atom stereocenters. The minimum atomic E-state index is 0. The Bertz CT molecular complexity index is 2760. The Morgan fingerprint density at radius 3 is 2.21 bits per heavy atom. The summed E-state index contributed by atoms with van der Waals surface area (Å²) >= 11 is 0. The van der Waals surface area contributed by atoms with Gasteiger partial charge in [0.05, 0.1) is 11.3 Å². The van der Waals surface area contributed by atoms with Gasteiger partial charge in [-0.2, -0.15) is 6.07 Å². The predicted molar refractivity (Wildman–Crippen MR) is 207 cm³/mol. The third-order valence-corrected chi connectivity index (χ3v) is 10.9. The number of para-hydroxylation sites is 2. The van der Waals surface area contributed by atoms with Crippen LogP contribution >= 0.6 is 0 Å². The van der Waals surface area contributed by atoms with Gasteiger partial charge in [-0.1, -0.05) is 109 Å². The van der Waals surface area contributed by atoms with Crippen molar-refractivity contribution in [3.63, 3.8) is 0 Å². The average molecular weight is 856 g/mol. The van der Waals surface area contributed by atoms with Gasteiger partial charge in [0.15, 0.2) is 0 Å². The SMILES string of the molecule is CCc1cccc(C2CCCCC2)c1-c1cnc2c3[c-]c(Oc4[c-]c5c(cc4)c4ccccc4n5-c4ccccn4)ccc3c3ccccc3n12.[Pt+2]. The van der Waals surface area contributed by atoms with Crippen LogP contribution in [0.4, 0.5) is 0 Å². The van der Waals surface area contributed by atoms with Crippen molar-refractivity contribution in [2.45, 2.75) is 51.4 Å². The second-order valence-electron chi connectivity index (χ2n) is 13.7. The van der Waals surface area contributed by atoms with Crippen molar-refractivity contribution in [1.82, 2.24) is 18.9 Å². The Hall–Kier alpha value is -5.25. The van der Waals surface area contributed by atoms with Gasteiger partial charge in [0.1, 0.15) is 5.82 Å². The molecule has 6 heteroatoms. The molecule has 0 N–H and O–H groups in total. The maximum atomic E-state index is 6.59. The maximum Gasteiger partial charge on any atom is 2.00 e. The van der Waals surface area contributed by atoms with Crippen LogP contribution in [0.3, 0.4) is 0 Å². The van der Waals surface area contributed by atoms with Gasteiger partial charge in [-0.25, -0.2) is 4.98 Å². The number of aryl methyl sites for hydroxylation is 1. The average Bonchev–Trinajstić information content (AvgIpc) is 3.78. The van der Waals surface area contributed by atoms with E-state index in [0.717, 1.165) is 61.7 Å². The molecule has 0 bridgehead atoms. The number of hydrogen-bond acceptors (Lipinski definition) is 3. The normalized spacial score (nSPS) is 13.7. The van der Waals surface area contributed by atoms with Crippen LogP contribution in [0.1, 0.15) is 56.1 Å². The Labute approximate surface area is 317 Å². The van der Waals surface area contributed by atoms with Crippen molar-refractivity contribution < 1.29 is 25.8 Å². The summed E-state index contributed by atoms with van der Waals surface area (Å²) in [4.78, 5) is 9.83. The number of fused-ring (bicyclic) bond motifs is 9. The maximum absolute atomic E-state index is 6.59. The molecule has 9 aromatic rings. The van der Waals surface area contributed by atoms with E-state index >= 15 is 0 Å². The molecule has 0 saturated heterocycles. The zero-order chi connectivity index (χ0) is 33.9. The van der Waals surface area contributed by atoms with Gasteiger partial charge in [-0.05, 0) is 71.3 Å². The largest absolute Gasteiger partial charge is 2.00 e. The number of hydrogen-bond donors (Lipinski definition) is 0. The summed E-state index contributed by atoms with van der Waals surface area (Å²) < 4.78 is 11.1. The zero-order valence-corrected chi connectivity index (χ0v) is 31.2. The van der Waals surface area contributed by atoms with Gasteiger partial charge in [0.2, 0.25) is 0 Å². The van der Waals surface area contributed by atoms with Crippen LogP contribution in [0.5, 0.6) is 11.5 Å². The summed E-state index contributed by atoms with van der Waals surface area (Å²) in [6.07, 6.45) is 11.3. The molecular formula is C46H36N4OPt. The zero-order valence-electron chi connectivity index (χ0n) is 28.9. The number of ether oxygens (including phenoxy) is 1. The molecule has 52 heavy (non-hydrogen) atoms. The molecule has 4 heterocycles. The fourth-order valence-electron chi connectivity index (χ4n) is 8.54. The van der Waals surface area contributed by atoms with Crippen LogP contribution in [-0.2, 0) is 27.5 Å². The van der Waals surface area contributed by atoms with Crippen molar-refractivity contribution in [2.75, 3.05) is 0 Å². The van der Waals surface area contributed by atoms with Crippen LogP contribution in [-0.4, -0.2) is 18.9 Å². The molecule has 1 aliphatic carbocycles. The summed E-state index contributed by atoms with van der Waals surface area (Å²) in [5, 5.41) is 5.47. The monoisotopic (exact) mass is 855 g/mol. The summed E-state index contributed by atoms with van der Waals surface area (Å²) in [6, 6.07) is 45.5. The quantitative estimate of drug-likeness (QED) is 0.124. The van der Waals surface area contributed by atoms with Crippen LogP contribution in [0.25, 0.3) is 66.2 Å². The molecule has 1 fully saturated rings. The molecular weight excluding hydrogens is 820 g/mol. The van der Waals surface area contributed by atoms with Crippen LogP contribution in [0.2, 0.25) is 0 Å². The number of benzene rings is 5. The molecule has 0 spiro atoms. The Morgan fingerprint density at radius 2 is 1.42 bits per heavy atom. The minimum Gasteiger partial charge on any atom is -0.503 e. The second-order valence-corrected chi connectivity index (χ2v) is 13.7. The Morgan fingerprint density at radius 1 is 0.692 bits per heavy atom. The fourth-order valence-corrected chi connectivity index (χ4v) is 8.54. The minimum absolute atomic E-state index is 0. The molecule has 10 rings (SSSR count).